The SMILES string of the molecule is Cc1nc(-c2ccc(N3CCS(O)(O)CC3)cc2)c(C2CCC(F)(F)CC2(C(N)=O)C2(C#N)CC2)o1. The number of amides is 1. The summed E-state index contributed by atoms with van der Waals surface area (Å²) < 4.78 is 55.2. The largest absolute Gasteiger partial charge is 0.445 e. The average molecular weight is 521 g/mol. The molecule has 1 aliphatic heterocycles. The van der Waals surface area contributed by atoms with Crippen molar-refractivity contribution in [1.82, 2.24) is 4.98 Å². The summed E-state index contributed by atoms with van der Waals surface area (Å²) in [4.78, 5) is 19.6. The second-order valence-electron chi connectivity index (χ2n) is 10.3. The van der Waals surface area contributed by atoms with E-state index in [0.29, 0.717) is 60.3 Å². The van der Waals surface area contributed by atoms with Crippen LogP contribution in [0.15, 0.2) is 28.7 Å². The average Bonchev–Trinajstić information content (AvgIpc) is 3.54. The molecule has 2 aromatic rings. The van der Waals surface area contributed by atoms with Crippen LogP contribution in [0.4, 0.5) is 14.5 Å². The first-order chi connectivity index (χ1) is 16.9. The second kappa shape index (κ2) is 8.43. The van der Waals surface area contributed by atoms with E-state index in [9.17, 15) is 27.9 Å². The highest BCUT2D eigenvalue weighted by molar-refractivity contribution is 8.24. The van der Waals surface area contributed by atoms with Crippen molar-refractivity contribution in [2.45, 2.75) is 50.9 Å². The van der Waals surface area contributed by atoms with Gasteiger partial charge in [0, 0.05) is 50.0 Å². The molecule has 1 aromatic carbocycles. The van der Waals surface area contributed by atoms with Gasteiger partial charge in [0.15, 0.2) is 5.89 Å². The molecule has 0 bridgehead atoms. The lowest BCUT2D eigenvalue weighted by Crippen LogP contribution is -2.54. The Morgan fingerprint density at radius 1 is 1.22 bits per heavy atom. The predicted molar refractivity (Wildman–Crippen MR) is 132 cm³/mol. The van der Waals surface area contributed by atoms with Crippen molar-refractivity contribution in [3.8, 4) is 17.3 Å². The fraction of sp³-hybridized carbons (Fsp3) is 0.560. The fourth-order valence-electron chi connectivity index (χ4n) is 6.06. The highest BCUT2D eigenvalue weighted by Crippen LogP contribution is 2.70. The number of hydrogen-bond acceptors (Lipinski definition) is 7. The van der Waals surface area contributed by atoms with Crippen molar-refractivity contribution >= 4 is 22.2 Å². The Bertz CT molecular complexity index is 1210. The van der Waals surface area contributed by atoms with E-state index in [1.54, 1.807) is 6.92 Å². The van der Waals surface area contributed by atoms with Gasteiger partial charge in [-0.1, -0.05) is 12.1 Å². The summed E-state index contributed by atoms with van der Waals surface area (Å²) in [6, 6.07) is 9.66. The number of primary amides is 1. The smallest absolute Gasteiger partial charge is 0.249 e. The molecule has 1 amide bonds. The van der Waals surface area contributed by atoms with Crippen LogP contribution in [0.5, 0.6) is 0 Å². The third-order valence-corrected chi connectivity index (χ3v) is 9.82. The van der Waals surface area contributed by atoms with E-state index in [4.69, 9.17) is 10.2 Å². The lowest BCUT2D eigenvalue weighted by atomic mass is 9.55. The van der Waals surface area contributed by atoms with Gasteiger partial charge in [-0.2, -0.15) is 15.9 Å². The molecule has 2 aliphatic carbocycles. The minimum atomic E-state index is -3.11. The van der Waals surface area contributed by atoms with Crippen molar-refractivity contribution in [2.75, 3.05) is 29.5 Å². The highest BCUT2D eigenvalue weighted by Gasteiger charge is 2.71. The summed E-state index contributed by atoms with van der Waals surface area (Å²) in [7, 11) is -2.50. The van der Waals surface area contributed by atoms with E-state index >= 15 is 0 Å². The monoisotopic (exact) mass is 520 g/mol. The van der Waals surface area contributed by atoms with Gasteiger partial charge in [-0.15, -0.1) is 0 Å². The number of aryl methyl sites for hydroxylation is 1. The summed E-state index contributed by atoms with van der Waals surface area (Å²) >= 11 is 0. The van der Waals surface area contributed by atoms with Gasteiger partial charge in [-0.25, -0.2) is 13.8 Å². The van der Waals surface area contributed by atoms with Crippen LogP contribution in [0, 0.1) is 29.1 Å². The number of benzene rings is 1. The minimum Gasteiger partial charge on any atom is -0.445 e. The Hall–Kier alpha value is -2.68. The lowest BCUT2D eigenvalue weighted by molar-refractivity contribution is -0.153. The van der Waals surface area contributed by atoms with Crippen LogP contribution in [0.1, 0.15) is 49.7 Å². The molecular weight excluding hydrogens is 490 g/mol. The quantitative estimate of drug-likeness (QED) is 0.510. The molecule has 5 rings (SSSR count). The maximum Gasteiger partial charge on any atom is 0.249 e. The normalized spacial score (nSPS) is 29.2. The molecule has 0 radical (unpaired) electrons. The third kappa shape index (κ3) is 4.05. The molecule has 1 aromatic heterocycles. The Morgan fingerprint density at radius 3 is 2.42 bits per heavy atom. The number of carbonyl (C=O) groups excluding carboxylic acids is 1. The van der Waals surface area contributed by atoms with Crippen molar-refractivity contribution in [3.05, 3.63) is 35.9 Å². The molecule has 8 nitrogen and oxygen atoms in total. The van der Waals surface area contributed by atoms with Gasteiger partial charge in [-0.05, 0) is 31.4 Å². The Labute approximate surface area is 209 Å². The fourth-order valence-corrected chi connectivity index (χ4v) is 7.29. The van der Waals surface area contributed by atoms with Gasteiger partial charge in [0.05, 0.1) is 28.4 Å². The lowest BCUT2D eigenvalue weighted by Gasteiger charge is -2.46. The zero-order valence-corrected chi connectivity index (χ0v) is 20.9. The van der Waals surface area contributed by atoms with Crippen LogP contribution in [-0.4, -0.2) is 50.5 Å². The van der Waals surface area contributed by atoms with E-state index in [1.165, 1.54) is 0 Å². The number of aromatic nitrogens is 1. The van der Waals surface area contributed by atoms with Crippen LogP contribution in [0.3, 0.4) is 0 Å². The molecule has 2 heterocycles. The molecule has 2 atom stereocenters. The van der Waals surface area contributed by atoms with E-state index in [0.717, 1.165) is 5.69 Å². The van der Waals surface area contributed by atoms with Crippen molar-refractivity contribution < 1.29 is 27.1 Å². The molecule has 1 saturated heterocycles. The summed E-state index contributed by atoms with van der Waals surface area (Å²) in [6.07, 6.45) is -0.563. The first kappa shape index (κ1) is 25.0. The molecule has 3 fully saturated rings. The molecule has 36 heavy (non-hydrogen) atoms. The molecule has 4 N–H and O–H groups in total. The number of anilines is 1. The van der Waals surface area contributed by atoms with Gasteiger partial charge in [0.1, 0.15) is 11.5 Å². The summed E-state index contributed by atoms with van der Waals surface area (Å²) in [5.74, 6) is -3.48. The van der Waals surface area contributed by atoms with Gasteiger partial charge in [-0.3, -0.25) is 13.9 Å². The van der Waals surface area contributed by atoms with E-state index < -0.39 is 52.0 Å². The zero-order chi connectivity index (χ0) is 25.9. The van der Waals surface area contributed by atoms with Crippen molar-refractivity contribution in [1.29, 1.82) is 5.26 Å². The number of oxazole rings is 1. The molecule has 11 heteroatoms. The number of rotatable bonds is 5. The molecule has 0 spiro atoms. The van der Waals surface area contributed by atoms with Gasteiger partial charge < -0.3 is 15.1 Å². The first-order valence-corrected chi connectivity index (χ1v) is 14.0. The van der Waals surface area contributed by atoms with Gasteiger partial charge in [0.2, 0.25) is 11.8 Å². The standard InChI is InChI=1S/C25H30F2N4O4S/c1-16-30-20(17-2-4-18(5-3-17)31-10-12-36(33,34)13-11-31)21(35-16)19-6-7-24(26,27)14-25(19,22(29)32)23(15-28)8-9-23/h2-5,19,33-34H,6-14H2,1H3,(H2,29,32). The Kier molecular flexibility index (Phi) is 5.85. The molecule has 2 unspecified atom stereocenters. The maximum absolute atomic E-state index is 14.7. The van der Waals surface area contributed by atoms with Crippen LogP contribution in [0.25, 0.3) is 11.3 Å². The predicted octanol–water partition coefficient (Wildman–Crippen LogP) is 4.90. The maximum atomic E-state index is 14.7. The van der Waals surface area contributed by atoms with Crippen LogP contribution in [-0.2, 0) is 4.79 Å². The number of nitriles is 1. The van der Waals surface area contributed by atoms with Crippen LogP contribution >= 0.6 is 10.6 Å². The number of nitrogens with two attached hydrogens (primary N) is 1. The summed E-state index contributed by atoms with van der Waals surface area (Å²) in [5, 5.41) is 9.95. The molecule has 3 aliphatic rings. The number of nitrogens with zero attached hydrogens (tertiary/aromatic N) is 3. The van der Waals surface area contributed by atoms with Crippen molar-refractivity contribution in [3.63, 3.8) is 0 Å². The van der Waals surface area contributed by atoms with E-state index in [-0.39, 0.29) is 6.42 Å². The van der Waals surface area contributed by atoms with Gasteiger partial charge in [0.25, 0.3) is 0 Å². The summed E-state index contributed by atoms with van der Waals surface area (Å²) in [5.41, 5.74) is 4.94. The topological polar surface area (TPSA) is 137 Å². The minimum absolute atomic E-state index is 0.0424. The highest BCUT2D eigenvalue weighted by atomic mass is 32.3. The Balaban J connectivity index is 1.52. The zero-order valence-electron chi connectivity index (χ0n) is 20.0. The third-order valence-electron chi connectivity index (χ3n) is 8.15. The van der Waals surface area contributed by atoms with Crippen molar-refractivity contribution in [2.24, 2.45) is 16.6 Å². The van der Waals surface area contributed by atoms with Gasteiger partial charge >= 0.3 is 0 Å². The number of alkyl halides is 2. The number of halogens is 2. The Morgan fingerprint density at radius 2 is 1.86 bits per heavy atom. The van der Waals surface area contributed by atoms with Crippen LogP contribution < -0.4 is 10.6 Å². The van der Waals surface area contributed by atoms with Crippen LogP contribution in [0.2, 0.25) is 0 Å². The number of hydrogen-bond donors (Lipinski definition) is 3. The second-order valence-corrected chi connectivity index (χ2v) is 12.8. The first-order valence-electron chi connectivity index (χ1n) is 12.1. The van der Waals surface area contributed by atoms with E-state index in [2.05, 4.69) is 16.0 Å². The summed E-state index contributed by atoms with van der Waals surface area (Å²) in [6.45, 7) is 2.72. The van der Waals surface area contributed by atoms with E-state index in [1.807, 2.05) is 24.3 Å². The number of carbonyl (C=O) groups is 1. The molecule has 194 valence electrons. The molecule has 2 saturated carbocycles. The molecular formula is C25H30F2N4O4S.